The van der Waals surface area contributed by atoms with Gasteiger partial charge in [0.15, 0.2) is 11.6 Å². The lowest BCUT2D eigenvalue weighted by Gasteiger charge is -2.26. The average molecular weight is 551 g/mol. The molecule has 4 nitrogen and oxygen atoms in total. The van der Waals surface area contributed by atoms with Gasteiger partial charge in [-0.2, -0.15) is 0 Å². The van der Waals surface area contributed by atoms with Crippen molar-refractivity contribution in [2.75, 3.05) is 7.11 Å². The van der Waals surface area contributed by atoms with Gasteiger partial charge in [0.1, 0.15) is 18.2 Å². The summed E-state index contributed by atoms with van der Waals surface area (Å²) >= 11 is 0. The quantitative estimate of drug-likeness (QED) is 0.218. The van der Waals surface area contributed by atoms with Crippen molar-refractivity contribution in [2.45, 2.75) is 78.2 Å². The number of ether oxygens (including phenoxy) is 2. The van der Waals surface area contributed by atoms with E-state index in [4.69, 9.17) is 9.47 Å². The number of carbonyl (C=O) groups is 1. The second-order valence-corrected chi connectivity index (χ2v) is 11.8. The van der Waals surface area contributed by atoms with Gasteiger partial charge in [-0.1, -0.05) is 63.9 Å². The van der Waals surface area contributed by atoms with E-state index in [0.717, 1.165) is 55.2 Å². The molecule has 4 rings (SSSR count). The van der Waals surface area contributed by atoms with Crippen LogP contribution in [0.2, 0.25) is 0 Å². The lowest BCUT2D eigenvalue weighted by atomic mass is 9.79. The molecule has 3 aromatic carbocycles. The van der Waals surface area contributed by atoms with Crippen LogP contribution in [0.15, 0.2) is 54.6 Å². The molecule has 0 aliphatic heterocycles. The summed E-state index contributed by atoms with van der Waals surface area (Å²) in [6, 6.07) is 15.5. The number of benzene rings is 3. The topological polar surface area (TPSA) is 55.8 Å². The molecule has 1 fully saturated rings. The van der Waals surface area contributed by atoms with Gasteiger partial charge < -0.3 is 14.6 Å². The maximum Gasteiger partial charge on any atom is 0.303 e. The molecule has 1 N–H and O–H groups in total. The van der Waals surface area contributed by atoms with Crippen LogP contribution in [0, 0.1) is 23.0 Å². The number of carboxylic acid groups (broad SMARTS) is 1. The van der Waals surface area contributed by atoms with E-state index in [-0.39, 0.29) is 41.8 Å². The number of hydrogen-bond donors (Lipinski definition) is 1. The summed E-state index contributed by atoms with van der Waals surface area (Å²) in [6.45, 7) is 6.77. The van der Waals surface area contributed by atoms with E-state index < -0.39 is 11.8 Å². The molecule has 0 heterocycles. The third-order valence-electron chi connectivity index (χ3n) is 7.88. The zero-order valence-corrected chi connectivity index (χ0v) is 23.9. The highest BCUT2D eigenvalue weighted by Crippen LogP contribution is 2.46. The number of rotatable bonds is 14. The summed E-state index contributed by atoms with van der Waals surface area (Å²) in [5.41, 5.74) is 3.54. The first-order chi connectivity index (χ1) is 19.1. The summed E-state index contributed by atoms with van der Waals surface area (Å²) in [6.07, 6.45) is 5.74. The van der Waals surface area contributed by atoms with E-state index in [9.17, 15) is 9.90 Å². The first-order valence-electron chi connectivity index (χ1n) is 14.2. The van der Waals surface area contributed by atoms with Gasteiger partial charge in [-0.3, -0.25) is 4.79 Å². The Labute approximate surface area is 236 Å². The summed E-state index contributed by atoms with van der Waals surface area (Å²) in [5.74, 6) is -1.19. The van der Waals surface area contributed by atoms with Crippen molar-refractivity contribution in [1.82, 2.24) is 0 Å². The number of aliphatic carboxylic acids is 1. The molecule has 0 radical (unpaired) electrons. The lowest BCUT2D eigenvalue weighted by Crippen LogP contribution is -2.16. The van der Waals surface area contributed by atoms with Crippen LogP contribution in [0.5, 0.6) is 11.5 Å². The molecular weight excluding hydrogens is 510 g/mol. The van der Waals surface area contributed by atoms with E-state index in [2.05, 4.69) is 20.8 Å². The Balaban J connectivity index is 1.62. The summed E-state index contributed by atoms with van der Waals surface area (Å²) in [7, 11) is 1.56. The normalized spacial score (nSPS) is 14.2. The highest BCUT2D eigenvalue weighted by molar-refractivity contribution is 5.70. The van der Waals surface area contributed by atoms with Crippen LogP contribution >= 0.6 is 0 Å². The maximum atomic E-state index is 15.5. The Morgan fingerprint density at radius 2 is 1.85 bits per heavy atom. The third-order valence-corrected chi connectivity index (χ3v) is 7.88. The van der Waals surface area contributed by atoms with Crippen LogP contribution in [0.4, 0.5) is 8.78 Å². The lowest BCUT2D eigenvalue weighted by molar-refractivity contribution is -0.137. The van der Waals surface area contributed by atoms with Crippen molar-refractivity contribution >= 4 is 5.97 Å². The minimum Gasteiger partial charge on any atom is -0.497 e. The van der Waals surface area contributed by atoms with Crippen LogP contribution < -0.4 is 9.47 Å². The number of methoxy groups -OCH3 is 1. The Bertz CT molecular complexity index is 1330. The van der Waals surface area contributed by atoms with Crippen LogP contribution in [-0.2, 0) is 17.8 Å². The minimum atomic E-state index is -0.926. The zero-order chi connectivity index (χ0) is 28.9. The van der Waals surface area contributed by atoms with Crippen LogP contribution in [0.25, 0.3) is 11.1 Å². The Hall–Kier alpha value is -3.41. The van der Waals surface area contributed by atoms with E-state index in [0.29, 0.717) is 16.9 Å². The van der Waals surface area contributed by atoms with Gasteiger partial charge in [0.05, 0.1) is 13.5 Å². The van der Waals surface area contributed by atoms with Crippen LogP contribution in [-0.4, -0.2) is 18.2 Å². The molecule has 40 heavy (non-hydrogen) atoms. The fourth-order valence-electron chi connectivity index (χ4n) is 5.55. The molecule has 0 aromatic heterocycles. The highest BCUT2D eigenvalue weighted by Gasteiger charge is 2.35. The number of unbranched alkanes of at least 4 members (excludes halogenated alkanes) is 1. The van der Waals surface area contributed by atoms with Crippen LogP contribution in [0.1, 0.15) is 81.9 Å². The smallest absolute Gasteiger partial charge is 0.303 e. The molecule has 1 aliphatic rings. The van der Waals surface area contributed by atoms with Crippen molar-refractivity contribution in [3.63, 3.8) is 0 Å². The van der Waals surface area contributed by atoms with E-state index in [1.165, 1.54) is 6.07 Å². The Morgan fingerprint density at radius 1 is 1.07 bits per heavy atom. The molecule has 3 aromatic rings. The molecule has 1 saturated carbocycles. The van der Waals surface area contributed by atoms with E-state index >= 15 is 8.78 Å². The number of halogens is 2. The Kier molecular flexibility index (Phi) is 9.49. The SMILES string of the molecule is CCCCC(C)(C)Cc1cc(COc2cccc(C(CC(=O)O)C3CC3)c2F)ccc1-c1cc(OC)ccc1F. The summed E-state index contributed by atoms with van der Waals surface area (Å²) in [5, 5.41) is 9.36. The second kappa shape index (κ2) is 12.8. The van der Waals surface area contributed by atoms with Crippen molar-refractivity contribution in [1.29, 1.82) is 0 Å². The van der Waals surface area contributed by atoms with Crippen LogP contribution in [0.3, 0.4) is 0 Å². The number of hydrogen-bond acceptors (Lipinski definition) is 3. The Morgan fingerprint density at radius 3 is 2.52 bits per heavy atom. The predicted octanol–water partition coefficient (Wildman–Crippen LogP) is 8.95. The average Bonchev–Trinajstić information content (AvgIpc) is 3.76. The molecule has 0 saturated heterocycles. The molecule has 0 bridgehead atoms. The van der Waals surface area contributed by atoms with Gasteiger partial charge in [-0.25, -0.2) is 8.78 Å². The summed E-state index contributed by atoms with van der Waals surface area (Å²) < 4.78 is 41.8. The molecule has 1 unspecified atom stereocenters. The molecule has 0 amide bonds. The summed E-state index contributed by atoms with van der Waals surface area (Å²) in [4.78, 5) is 11.4. The molecule has 1 aliphatic carbocycles. The van der Waals surface area contributed by atoms with Gasteiger partial charge in [0.2, 0.25) is 0 Å². The fraction of sp³-hybridized carbons (Fsp3) is 0.441. The molecule has 214 valence electrons. The van der Waals surface area contributed by atoms with Crippen molar-refractivity contribution in [3.05, 3.63) is 82.9 Å². The molecule has 1 atom stereocenters. The van der Waals surface area contributed by atoms with E-state index in [1.54, 1.807) is 37.4 Å². The maximum absolute atomic E-state index is 15.5. The van der Waals surface area contributed by atoms with Crippen molar-refractivity contribution < 1.29 is 28.2 Å². The van der Waals surface area contributed by atoms with Crippen molar-refractivity contribution in [2.24, 2.45) is 11.3 Å². The van der Waals surface area contributed by atoms with Gasteiger partial charge in [0, 0.05) is 11.5 Å². The van der Waals surface area contributed by atoms with Gasteiger partial charge in [-0.15, -0.1) is 0 Å². The fourth-order valence-corrected chi connectivity index (χ4v) is 5.55. The molecular formula is C34H40F2O4. The molecule has 0 spiro atoms. The molecule has 6 heteroatoms. The largest absolute Gasteiger partial charge is 0.497 e. The van der Waals surface area contributed by atoms with E-state index in [1.807, 2.05) is 18.2 Å². The number of carboxylic acids is 1. The van der Waals surface area contributed by atoms with Gasteiger partial charge in [0.25, 0.3) is 0 Å². The van der Waals surface area contributed by atoms with Gasteiger partial charge in [-0.05, 0) is 83.5 Å². The highest BCUT2D eigenvalue weighted by atomic mass is 19.1. The first kappa shape index (κ1) is 29.6. The zero-order valence-electron chi connectivity index (χ0n) is 23.9. The minimum absolute atomic E-state index is 0.00197. The second-order valence-electron chi connectivity index (χ2n) is 11.8. The van der Waals surface area contributed by atoms with Crippen molar-refractivity contribution in [3.8, 4) is 22.6 Å². The standard InChI is InChI=1S/C34H40F2O4/c1-5-6-16-34(2,3)20-24-17-22(10-14-26(24)29-18-25(39-4)13-15-30(29)35)21-40-31-9-7-8-27(33(31)36)28(19-32(37)38)23-11-12-23/h7-10,13-15,17-18,23,28H,5-6,11-12,16,19-21H2,1-4H3,(H,37,38). The third kappa shape index (κ3) is 7.41. The van der Waals surface area contributed by atoms with Gasteiger partial charge >= 0.3 is 5.97 Å². The first-order valence-corrected chi connectivity index (χ1v) is 14.2. The monoisotopic (exact) mass is 550 g/mol. The predicted molar refractivity (Wildman–Crippen MR) is 154 cm³/mol.